The average Bonchev–Trinajstić information content (AvgIpc) is 2.64. The molecule has 1 amide bonds. The van der Waals surface area contributed by atoms with Crippen molar-refractivity contribution in [2.45, 2.75) is 48.8 Å². The van der Waals surface area contributed by atoms with Gasteiger partial charge >= 0.3 is 0 Å². The van der Waals surface area contributed by atoms with E-state index in [1.54, 1.807) is 18.2 Å². The van der Waals surface area contributed by atoms with Gasteiger partial charge in [0.2, 0.25) is 5.91 Å². The standard InChI is InChI=1S/C20H30N2O5S/c1-26-14-19(23)21-18-8-3-4-9-20(18)15-22(10-11-27-20)13-16-6-5-7-17(12-16)28(2,24)25/h5-7,12,18H,3-4,8-11,13-15H2,1-2H3,(H,21,23)/t18-,20+/m1/s1. The number of carbonyl (C=O) groups excluding carboxylic acids is 1. The highest BCUT2D eigenvalue weighted by Gasteiger charge is 2.45. The van der Waals surface area contributed by atoms with Crippen molar-refractivity contribution < 1.29 is 22.7 Å². The number of morpholine rings is 1. The average molecular weight is 411 g/mol. The van der Waals surface area contributed by atoms with Gasteiger partial charge in [0.1, 0.15) is 12.2 Å². The van der Waals surface area contributed by atoms with E-state index >= 15 is 0 Å². The molecule has 1 aliphatic carbocycles. The first-order valence-electron chi connectivity index (χ1n) is 9.76. The number of nitrogens with one attached hydrogen (secondary N) is 1. The van der Waals surface area contributed by atoms with Gasteiger partial charge in [-0.3, -0.25) is 9.69 Å². The van der Waals surface area contributed by atoms with Crippen LogP contribution in [0.4, 0.5) is 0 Å². The number of methoxy groups -OCH3 is 1. The number of ether oxygens (including phenoxy) is 2. The lowest BCUT2D eigenvalue weighted by Crippen LogP contribution is -2.64. The van der Waals surface area contributed by atoms with Gasteiger partial charge in [-0.2, -0.15) is 0 Å². The molecule has 28 heavy (non-hydrogen) atoms. The number of hydrogen-bond donors (Lipinski definition) is 1. The summed E-state index contributed by atoms with van der Waals surface area (Å²) in [5, 5.41) is 3.10. The molecule has 7 nitrogen and oxygen atoms in total. The Morgan fingerprint density at radius 2 is 2.21 bits per heavy atom. The van der Waals surface area contributed by atoms with Crippen LogP contribution in [0.15, 0.2) is 29.2 Å². The fraction of sp³-hybridized carbons (Fsp3) is 0.650. The maximum absolute atomic E-state index is 12.1. The van der Waals surface area contributed by atoms with E-state index in [1.807, 2.05) is 6.07 Å². The van der Waals surface area contributed by atoms with Crippen LogP contribution in [0.5, 0.6) is 0 Å². The van der Waals surface area contributed by atoms with Crippen LogP contribution >= 0.6 is 0 Å². The Bertz CT molecular complexity index is 794. The second-order valence-corrected chi connectivity index (χ2v) is 9.86. The number of amides is 1. The Morgan fingerprint density at radius 1 is 1.39 bits per heavy atom. The van der Waals surface area contributed by atoms with Gasteiger partial charge in [-0.25, -0.2) is 8.42 Å². The van der Waals surface area contributed by atoms with Crippen molar-refractivity contribution in [1.82, 2.24) is 10.2 Å². The molecule has 1 saturated carbocycles. The van der Waals surface area contributed by atoms with Crippen molar-refractivity contribution in [3.8, 4) is 0 Å². The largest absolute Gasteiger partial charge is 0.375 e. The third-order valence-corrected chi connectivity index (χ3v) is 6.72. The SMILES string of the molecule is COCC(=O)N[C@@H]1CCCC[C@]12CN(Cc1cccc(S(C)(=O)=O)c1)CCO2. The summed E-state index contributed by atoms with van der Waals surface area (Å²) < 4.78 is 34.9. The van der Waals surface area contributed by atoms with Crippen LogP contribution in [0.25, 0.3) is 0 Å². The highest BCUT2D eigenvalue weighted by atomic mass is 32.2. The zero-order valence-electron chi connectivity index (χ0n) is 16.6. The summed E-state index contributed by atoms with van der Waals surface area (Å²) in [4.78, 5) is 14.7. The normalized spacial score (nSPS) is 26.3. The molecule has 2 atom stereocenters. The Hall–Kier alpha value is -1.48. The Balaban J connectivity index is 1.72. The van der Waals surface area contributed by atoms with Crippen LogP contribution in [0.2, 0.25) is 0 Å². The zero-order valence-corrected chi connectivity index (χ0v) is 17.5. The monoisotopic (exact) mass is 410 g/mol. The molecule has 1 aromatic carbocycles. The van der Waals surface area contributed by atoms with Crippen molar-refractivity contribution in [2.24, 2.45) is 0 Å². The topological polar surface area (TPSA) is 84.9 Å². The highest BCUT2D eigenvalue weighted by molar-refractivity contribution is 7.90. The van der Waals surface area contributed by atoms with E-state index in [9.17, 15) is 13.2 Å². The van der Waals surface area contributed by atoms with Gasteiger partial charge in [0.05, 0.1) is 17.5 Å². The Labute approximate surface area is 167 Å². The number of sulfone groups is 1. The van der Waals surface area contributed by atoms with Crippen molar-refractivity contribution in [1.29, 1.82) is 0 Å². The van der Waals surface area contributed by atoms with E-state index in [2.05, 4.69) is 10.2 Å². The molecule has 2 aliphatic rings. The van der Waals surface area contributed by atoms with Crippen LogP contribution in [0, 0.1) is 0 Å². The number of nitrogens with zero attached hydrogens (tertiary/aromatic N) is 1. The fourth-order valence-electron chi connectivity index (χ4n) is 4.29. The van der Waals surface area contributed by atoms with Gasteiger partial charge in [0, 0.05) is 33.0 Å². The molecule has 1 heterocycles. The summed E-state index contributed by atoms with van der Waals surface area (Å²) in [6, 6.07) is 7.08. The third kappa shape index (κ3) is 5.11. The lowest BCUT2D eigenvalue weighted by molar-refractivity contribution is -0.152. The summed E-state index contributed by atoms with van der Waals surface area (Å²) in [5.74, 6) is -0.115. The molecule has 8 heteroatoms. The minimum absolute atomic E-state index is 0.0333. The third-order valence-electron chi connectivity index (χ3n) is 5.61. The molecule has 1 aromatic rings. The van der Waals surface area contributed by atoms with Gasteiger partial charge in [0.15, 0.2) is 9.84 Å². The molecule has 0 bridgehead atoms. The predicted molar refractivity (Wildman–Crippen MR) is 106 cm³/mol. The zero-order chi connectivity index (χ0) is 20.2. The van der Waals surface area contributed by atoms with Crippen molar-refractivity contribution in [3.63, 3.8) is 0 Å². The second-order valence-electron chi connectivity index (χ2n) is 7.84. The predicted octanol–water partition coefficient (Wildman–Crippen LogP) is 1.37. The maximum atomic E-state index is 12.1. The molecule has 0 radical (unpaired) electrons. The van der Waals surface area contributed by atoms with E-state index < -0.39 is 15.4 Å². The van der Waals surface area contributed by atoms with E-state index in [1.165, 1.54) is 13.4 Å². The van der Waals surface area contributed by atoms with Crippen LogP contribution in [0.1, 0.15) is 31.2 Å². The smallest absolute Gasteiger partial charge is 0.246 e. The summed E-state index contributed by atoms with van der Waals surface area (Å²) in [7, 11) is -1.71. The molecule has 1 spiro atoms. The summed E-state index contributed by atoms with van der Waals surface area (Å²) in [5.41, 5.74) is 0.574. The van der Waals surface area contributed by atoms with E-state index in [-0.39, 0.29) is 18.6 Å². The number of rotatable bonds is 6. The van der Waals surface area contributed by atoms with Gasteiger partial charge in [-0.15, -0.1) is 0 Å². The van der Waals surface area contributed by atoms with Gasteiger partial charge < -0.3 is 14.8 Å². The molecular formula is C20H30N2O5S. The molecule has 0 unspecified atom stereocenters. The number of carbonyl (C=O) groups is 1. The second kappa shape index (κ2) is 8.90. The number of benzene rings is 1. The van der Waals surface area contributed by atoms with Crippen molar-refractivity contribution in [3.05, 3.63) is 29.8 Å². The van der Waals surface area contributed by atoms with E-state index in [0.717, 1.165) is 37.8 Å². The maximum Gasteiger partial charge on any atom is 0.246 e. The Morgan fingerprint density at radius 3 is 2.96 bits per heavy atom. The first kappa shape index (κ1) is 21.2. The summed E-state index contributed by atoms with van der Waals surface area (Å²) in [6.07, 6.45) is 5.18. The molecule has 2 fully saturated rings. The Kier molecular flexibility index (Phi) is 6.75. The molecular weight excluding hydrogens is 380 g/mol. The quantitative estimate of drug-likeness (QED) is 0.762. The molecule has 1 aliphatic heterocycles. The molecule has 1 N–H and O–H groups in total. The van der Waals surface area contributed by atoms with E-state index in [0.29, 0.717) is 24.6 Å². The van der Waals surface area contributed by atoms with Crippen molar-refractivity contribution in [2.75, 3.05) is 39.7 Å². The van der Waals surface area contributed by atoms with Gasteiger partial charge in [-0.05, 0) is 30.5 Å². The lowest BCUT2D eigenvalue weighted by Gasteiger charge is -2.49. The van der Waals surface area contributed by atoms with Crippen LogP contribution < -0.4 is 5.32 Å². The minimum atomic E-state index is -3.22. The van der Waals surface area contributed by atoms with Crippen LogP contribution in [-0.4, -0.2) is 70.5 Å². The summed E-state index contributed by atoms with van der Waals surface area (Å²) in [6.45, 7) is 2.81. The van der Waals surface area contributed by atoms with Crippen LogP contribution in [0.3, 0.4) is 0 Å². The molecule has 0 aromatic heterocycles. The summed E-state index contributed by atoms with van der Waals surface area (Å²) >= 11 is 0. The number of hydrogen-bond acceptors (Lipinski definition) is 6. The first-order valence-corrected chi connectivity index (χ1v) is 11.7. The van der Waals surface area contributed by atoms with E-state index in [4.69, 9.17) is 9.47 Å². The minimum Gasteiger partial charge on any atom is -0.375 e. The molecule has 3 rings (SSSR count). The van der Waals surface area contributed by atoms with Crippen LogP contribution in [-0.2, 0) is 30.7 Å². The lowest BCUT2D eigenvalue weighted by atomic mass is 9.78. The van der Waals surface area contributed by atoms with Gasteiger partial charge in [0.25, 0.3) is 0 Å². The van der Waals surface area contributed by atoms with Crippen molar-refractivity contribution >= 4 is 15.7 Å². The highest BCUT2D eigenvalue weighted by Crippen LogP contribution is 2.35. The fourth-order valence-corrected chi connectivity index (χ4v) is 4.98. The first-order chi connectivity index (χ1) is 13.3. The molecule has 156 valence electrons. The van der Waals surface area contributed by atoms with Gasteiger partial charge in [-0.1, -0.05) is 25.0 Å². The molecule has 1 saturated heterocycles.